The molecule has 4 nitrogen and oxygen atoms in total. The minimum Gasteiger partial charge on any atom is -0.396 e. The van der Waals surface area contributed by atoms with Gasteiger partial charge in [-0.3, -0.25) is 0 Å². The fraction of sp³-hybridized carbons (Fsp3) is 0.632. The number of guanidine groups is 1. The average molecular weight is 447 g/mol. The number of aliphatic imine (C=N–C) groups is 1. The van der Waals surface area contributed by atoms with Crippen LogP contribution in [0.3, 0.4) is 0 Å². The molecule has 5 heteroatoms. The molecule has 138 valence electrons. The Hall–Kier alpha value is -0.820. The Balaban J connectivity index is 0.00000529. The van der Waals surface area contributed by atoms with Gasteiger partial charge in [-0.1, -0.05) is 43.7 Å². The third kappa shape index (κ3) is 10.1. The Kier molecular flexibility index (Phi) is 13.0. The van der Waals surface area contributed by atoms with Crippen molar-refractivity contribution in [2.45, 2.75) is 47.1 Å². The van der Waals surface area contributed by atoms with Crippen LogP contribution in [0.4, 0.5) is 0 Å². The molecule has 0 spiro atoms. The summed E-state index contributed by atoms with van der Waals surface area (Å²) >= 11 is 0. The second-order valence-corrected chi connectivity index (χ2v) is 6.57. The van der Waals surface area contributed by atoms with Gasteiger partial charge in [0.1, 0.15) is 0 Å². The van der Waals surface area contributed by atoms with Crippen LogP contribution in [0.25, 0.3) is 0 Å². The van der Waals surface area contributed by atoms with Gasteiger partial charge in [0.15, 0.2) is 5.96 Å². The zero-order valence-electron chi connectivity index (χ0n) is 15.5. The van der Waals surface area contributed by atoms with Gasteiger partial charge < -0.3 is 15.7 Å². The third-order valence-electron chi connectivity index (χ3n) is 3.78. The largest absolute Gasteiger partial charge is 0.396 e. The summed E-state index contributed by atoms with van der Waals surface area (Å²) in [6.07, 6.45) is 1.95. The van der Waals surface area contributed by atoms with E-state index in [9.17, 15) is 5.11 Å². The highest BCUT2D eigenvalue weighted by Gasteiger charge is 2.11. The van der Waals surface area contributed by atoms with Crippen LogP contribution in [0.1, 0.15) is 44.7 Å². The van der Waals surface area contributed by atoms with Gasteiger partial charge in [0, 0.05) is 19.7 Å². The molecule has 0 aliphatic carbocycles. The first-order valence-electron chi connectivity index (χ1n) is 8.73. The van der Waals surface area contributed by atoms with Crippen LogP contribution >= 0.6 is 24.0 Å². The summed E-state index contributed by atoms with van der Waals surface area (Å²) in [5, 5.41) is 15.9. The lowest BCUT2D eigenvalue weighted by Gasteiger charge is -2.20. The van der Waals surface area contributed by atoms with Crippen LogP contribution in [0.15, 0.2) is 29.3 Å². The highest BCUT2D eigenvalue weighted by atomic mass is 127. The molecule has 0 aliphatic heterocycles. The van der Waals surface area contributed by atoms with E-state index >= 15 is 0 Å². The number of nitrogens with zero attached hydrogens (tertiary/aromatic N) is 1. The Morgan fingerprint density at radius 1 is 1.17 bits per heavy atom. The average Bonchev–Trinajstić information content (AvgIpc) is 2.51. The fourth-order valence-electron chi connectivity index (χ4n) is 2.60. The molecule has 1 atom stereocenters. The molecule has 0 fully saturated rings. The van der Waals surface area contributed by atoms with Crippen LogP contribution in [0.2, 0.25) is 0 Å². The van der Waals surface area contributed by atoms with Crippen molar-refractivity contribution in [3.8, 4) is 0 Å². The van der Waals surface area contributed by atoms with Crippen molar-refractivity contribution in [2.24, 2.45) is 16.8 Å². The lowest BCUT2D eigenvalue weighted by Crippen LogP contribution is -2.40. The van der Waals surface area contributed by atoms with Crippen molar-refractivity contribution in [2.75, 3.05) is 19.7 Å². The summed E-state index contributed by atoms with van der Waals surface area (Å²) in [6, 6.07) is 8.47. The molecule has 24 heavy (non-hydrogen) atoms. The molecule has 1 aromatic rings. The zero-order valence-corrected chi connectivity index (χ0v) is 17.8. The van der Waals surface area contributed by atoms with Gasteiger partial charge in [0.05, 0.1) is 6.54 Å². The normalized spacial score (nSPS) is 12.7. The minimum atomic E-state index is 0. The maximum Gasteiger partial charge on any atom is 0.191 e. The van der Waals surface area contributed by atoms with Gasteiger partial charge in [0.2, 0.25) is 0 Å². The van der Waals surface area contributed by atoms with E-state index in [0.717, 1.165) is 31.9 Å². The second-order valence-electron chi connectivity index (χ2n) is 6.57. The Bertz CT molecular complexity index is 460. The molecule has 1 aromatic carbocycles. The van der Waals surface area contributed by atoms with E-state index in [1.54, 1.807) is 0 Å². The molecular weight excluding hydrogens is 413 g/mol. The van der Waals surface area contributed by atoms with Crippen molar-refractivity contribution < 1.29 is 5.11 Å². The first-order chi connectivity index (χ1) is 11.0. The molecule has 1 rings (SSSR count). The zero-order chi connectivity index (χ0) is 17.1. The summed E-state index contributed by atoms with van der Waals surface area (Å²) in [4.78, 5) is 4.66. The van der Waals surface area contributed by atoms with Crippen LogP contribution < -0.4 is 10.6 Å². The van der Waals surface area contributed by atoms with Crippen LogP contribution in [0, 0.1) is 18.8 Å². The summed E-state index contributed by atoms with van der Waals surface area (Å²) in [7, 11) is 0. The molecular formula is C19H34IN3O. The van der Waals surface area contributed by atoms with Crippen molar-refractivity contribution >= 4 is 29.9 Å². The topological polar surface area (TPSA) is 56.7 Å². The number of halogens is 1. The SMILES string of the molecule is CCNC(=NCc1ccc(C)cc1)NCC(CCO)CC(C)C.I. The smallest absolute Gasteiger partial charge is 0.191 e. The van der Waals surface area contributed by atoms with E-state index in [0.29, 0.717) is 18.4 Å². The van der Waals surface area contributed by atoms with E-state index < -0.39 is 0 Å². The number of hydrogen-bond acceptors (Lipinski definition) is 2. The molecule has 0 saturated carbocycles. The van der Waals surface area contributed by atoms with Gasteiger partial charge in [0.25, 0.3) is 0 Å². The van der Waals surface area contributed by atoms with E-state index in [2.05, 4.69) is 67.6 Å². The number of aryl methyl sites for hydroxylation is 1. The van der Waals surface area contributed by atoms with Gasteiger partial charge in [-0.2, -0.15) is 0 Å². The summed E-state index contributed by atoms with van der Waals surface area (Å²) in [5.74, 6) is 1.96. The summed E-state index contributed by atoms with van der Waals surface area (Å²) in [6.45, 7) is 11.2. The number of rotatable bonds is 9. The van der Waals surface area contributed by atoms with E-state index in [1.807, 2.05) is 0 Å². The molecule has 1 unspecified atom stereocenters. The fourth-order valence-corrected chi connectivity index (χ4v) is 2.60. The van der Waals surface area contributed by atoms with Gasteiger partial charge >= 0.3 is 0 Å². The monoisotopic (exact) mass is 447 g/mol. The highest BCUT2D eigenvalue weighted by Crippen LogP contribution is 2.14. The molecule has 0 aromatic heterocycles. The van der Waals surface area contributed by atoms with E-state index in [4.69, 9.17) is 0 Å². The van der Waals surface area contributed by atoms with E-state index in [1.165, 1.54) is 11.1 Å². The maximum absolute atomic E-state index is 9.22. The number of hydrogen-bond donors (Lipinski definition) is 3. The number of benzene rings is 1. The Labute approximate surface area is 164 Å². The quantitative estimate of drug-likeness (QED) is 0.307. The molecule has 3 N–H and O–H groups in total. The number of aliphatic hydroxyl groups excluding tert-OH is 1. The van der Waals surface area contributed by atoms with Crippen molar-refractivity contribution in [3.63, 3.8) is 0 Å². The van der Waals surface area contributed by atoms with E-state index in [-0.39, 0.29) is 30.6 Å². The van der Waals surface area contributed by atoms with Crippen molar-refractivity contribution in [1.29, 1.82) is 0 Å². The Morgan fingerprint density at radius 3 is 2.38 bits per heavy atom. The third-order valence-corrected chi connectivity index (χ3v) is 3.78. The minimum absolute atomic E-state index is 0. The lowest BCUT2D eigenvalue weighted by molar-refractivity contribution is 0.243. The number of aliphatic hydroxyl groups is 1. The highest BCUT2D eigenvalue weighted by molar-refractivity contribution is 14.0. The molecule has 0 bridgehead atoms. The summed E-state index contributed by atoms with van der Waals surface area (Å²) in [5.41, 5.74) is 2.48. The maximum atomic E-state index is 9.22. The first-order valence-corrected chi connectivity index (χ1v) is 8.73. The first kappa shape index (κ1) is 23.2. The molecule has 0 amide bonds. The van der Waals surface area contributed by atoms with Crippen LogP contribution in [0.5, 0.6) is 0 Å². The van der Waals surface area contributed by atoms with Crippen molar-refractivity contribution in [3.05, 3.63) is 35.4 Å². The standard InChI is InChI=1S/C19H33N3O.HI/c1-5-20-19(21-13-17-8-6-16(4)7-9-17)22-14-18(10-11-23)12-15(2)3;/h6-9,15,18,23H,5,10-14H2,1-4H3,(H2,20,21,22);1H. The second kappa shape index (κ2) is 13.5. The molecule has 0 radical (unpaired) electrons. The van der Waals surface area contributed by atoms with Gasteiger partial charge in [-0.25, -0.2) is 4.99 Å². The van der Waals surface area contributed by atoms with Gasteiger partial charge in [-0.15, -0.1) is 24.0 Å². The van der Waals surface area contributed by atoms with Gasteiger partial charge in [-0.05, 0) is 44.1 Å². The predicted octanol–water partition coefficient (Wildman–Crippen LogP) is 3.71. The van der Waals surface area contributed by atoms with Crippen LogP contribution in [-0.2, 0) is 6.54 Å². The Morgan fingerprint density at radius 2 is 1.83 bits per heavy atom. The number of nitrogens with one attached hydrogen (secondary N) is 2. The summed E-state index contributed by atoms with van der Waals surface area (Å²) < 4.78 is 0. The van der Waals surface area contributed by atoms with Crippen LogP contribution in [-0.4, -0.2) is 30.8 Å². The molecule has 0 aliphatic rings. The van der Waals surface area contributed by atoms with Crippen molar-refractivity contribution in [1.82, 2.24) is 10.6 Å². The predicted molar refractivity (Wildman–Crippen MR) is 114 cm³/mol. The molecule has 0 saturated heterocycles. The lowest BCUT2D eigenvalue weighted by atomic mass is 9.94. The molecule has 0 heterocycles.